The van der Waals surface area contributed by atoms with Crippen molar-refractivity contribution in [1.29, 1.82) is 0 Å². The predicted octanol–water partition coefficient (Wildman–Crippen LogP) is 3.41. The highest BCUT2D eigenvalue weighted by Crippen LogP contribution is 2.41. The van der Waals surface area contributed by atoms with Gasteiger partial charge in [-0.05, 0) is 54.5 Å². The summed E-state index contributed by atoms with van der Waals surface area (Å²) in [7, 11) is 0. The molecule has 0 spiro atoms. The molecule has 2 unspecified atom stereocenters. The standard InChI is InChI=1S/C24H22N2O4/c1-15-21-19(20(27)10-14-29-21)7-11-24(15,2)30-22(17-8-12-26-13-9-17)16-3-5-18(6-4-16)23(25)28/h3-9,11-13,22H,1,10,14H2,2H3,(H2,25,28). The summed E-state index contributed by atoms with van der Waals surface area (Å²) in [5.41, 5.74) is 7.76. The van der Waals surface area contributed by atoms with Gasteiger partial charge in [0.2, 0.25) is 5.91 Å². The lowest BCUT2D eigenvalue weighted by Gasteiger charge is -2.38. The third kappa shape index (κ3) is 3.57. The maximum atomic E-state index is 12.2. The van der Waals surface area contributed by atoms with Crippen LogP contribution in [-0.4, -0.2) is 28.9 Å². The van der Waals surface area contributed by atoms with Gasteiger partial charge in [0.05, 0.1) is 12.2 Å². The van der Waals surface area contributed by atoms with Crippen LogP contribution in [0.4, 0.5) is 0 Å². The Kier molecular flexibility index (Phi) is 5.10. The predicted molar refractivity (Wildman–Crippen MR) is 111 cm³/mol. The second-order valence-electron chi connectivity index (χ2n) is 7.45. The van der Waals surface area contributed by atoms with E-state index in [1.54, 1.807) is 30.6 Å². The van der Waals surface area contributed by atoms with Gasteiger partial charge in [0.15, 0.2) is 5.78 Å². The molecule has 30 heavy (non-hydrogen) atoms. The number of primary amides is 1. The van der Waals surface area contributed by atoms with E-state index in [2.05, 4.69) is 11.6 Å². The number of amides is 1. The third-order valence-electron chi connectivity index (χ3n) is 5.43. The van der Waals surface area contributed by atoms with Gasteiger partial charge >= 0.3 is 0 Å². The Bertz CT molecular complexity index is 1070. The maximum absolute atomic E-state index is 12.2. The van der Waals surface area contributed by atoms with E-state index < -0.39 is 17.6 Å². The van der Waals surface area contributed by atoms with Gasteiger partial charge < -0.3 is 15.2 Å². The van der Waals surface area contributed by atoms with Crippen molar-refractivity contribution in [3.05, 3.63) is 101 Å². The molecular formula is C24H22N2O4. The number of ketones is 1. The van der Waals surface area contributed by atoms with Crippen LogP contribution in [-0.2, 0) is 14.3 Å². The smallest absolute Gasteiger partial charge is 0.248 e. The number of nitrogens with two attached hydrogens (primary N) is 1. The highest BCUT2D eigenvalue weighted by molar-refractivity contribution is 6.00. The number of hydrogen-bond donors (Lipinski definition) is 1. The van der Waals surface area contributed by atoms with Gasteiger partial charge in [0, 0.05) is 30.0 Å². The van der Waals surface area contributed by atoms with E-state index in [0.29, 0.717) is 35.5 Å². The summed E-state index contributed by atoms with van der Waals surface area (Å²) < 4.78 is 12.4. The largest absolute Gasteiger partial charge is 0.492 e. The van der Waals surface area contributed by atoms with Crippen LogP contribution in [0.5, 0.6) is 0 Å². The van der Waals surface area contributed by atoms with Crippen LogP contribution < -0.4 is 5.73 Å². The summed E-state index contributed by atoms with van der Waals surface area (Å²) in [6.45, 7) is 6.41. The van der Waals surface area contributed by atoms with Crippen molar-refractivity contribution in [3.63, 3.8) is 0 Å². The van der Waals surface area contributed by atoms with E-state index in [9.17, 15) is 9.59 Å². The fourth-order valence-electron chi connectivity index (χ4n) is 3.62. The number of allylic oxidation sites excluding steroid dienone is 2. The average Bonchev–Trinajstić information content (AvgIpc) is 2.76. The highest BCUT2D eigenvalue weighted by Gasteiger charge is 2.39. The third-order valence-corrected chi connectivity index (χ3v) is 5.43. The number of aromatic nitrogens is 1. The summed E-state index contributed by atoms with van der Waals surface area (Å²) in [6, 6.07) is 10.7. The zero-order chi connectivity index (χ0) is 21.3. The molecule has 2 aromatic rings. The van der Waals surface area contributed by atoms with E-state index in [0.717, 1.165) is 11.1 Å². The van der Waals surface area contributed by atoms with Crippen molar-refractivity contribution in [2.75, 3.05) is 6.61 Å². The molecular weight excluding hydrogens is 380 g/mol. The molecule has 0 saturated carbocycles. The molecule has 0 fully saturated rings. The molecule has 0 radical (unpaired) electrons. The van der Waals surface area contributed by atoms with Crippen LogP contribution in [0.25, 0.3) is 0 Å². The van der Waals surface area contributed by atoms with Gasteiger partial charge in [-0.3, -0.25) is 14.6 Å². The summed E-state index contributed by atoms with van der Waals surface area (Å²) in [5.74, 6) is 0.0503. The molecule has 2 aliphatic rings. The number of Topliss-reactive ketones (excluding diaryl/α,β-unsaturated/α-hetero) is 1. The Morgan fingerprint density at radius 3 is 2.53 bits per heavy atom. The van der Waals surface area contributed by atoms with Gasteiger partial charge in [-0.25, -0.2) is 0 Å². The molecule has 1 aliphatic heterocycles. The topological polar surface area (TPSA) is 91.5 Å². The van der Waals surface area contributed by atoms with Crippen molar-refractivity contribution in [2.24, 2.45) is 5.73 Å². The molecule has 1 aromatic heterocycles. The molecule has 1 amide bonds. The quantitative estimate of drug-likeness (QED) is 0.827. The number of benzene rings is 1. The van der Waals surface area contributed by atoms with Crippen LogP contribution in [0.15, 0.2) is 84.4 Å². The first-order chi connectivity index (χ1) is 14.4. The lowest BCUT2D eigenvalue weighted by molar-refractivity contribution is -0.117. The Balaban J connectivity index is 1.71. The van der Waals surface area contributed by atoms with E-state index in [-0.39, 0.29) is 5.78 Å². The molecule has 0 bridgehead atoms. The van der Waals surface area contributed by atoms with Crippen LogP contribution >= 0.6 is 0 Å². The molecule has 2 atom stereocenters. The Hall–Kier alpha value is -3.51. The first kappa shape index (κ1) is 19.8. The molecule has 1 aliphatic carbocycles. The van der Waals surface area contributed by atoms with Crippen LogP contribution in [0, 0.1) is 0 Å². The SMILES string of the molecule is C=C1C2=C(C=CC1(C)OC(c1ccncc1)c1ccc(C(N)=O)cc1)C(=O)CCO2. The molecule has 152 valence electrons. The first-order valence-electron chi connectivity index (χ1n) is 9.66. The van der Waals surface area contributed by atoms with Crippen molar-refractivity contribution in [3.8, 4) is 0 Å². The number of nitrogens with zero attached hydrogens (tertiary/aromatic N) is 1. The first-order valence-corrected chi connectivity index (χ1v) is 9.66. The highest BCUT2D eigenvalue weighted by atomic mass is 16.5. The molecule has 2 heterocycles. The molecule has 6 heteroatoms. The Morgan fingerprint density at radius 2 is 1.87 bits per heavy atom. The number of carbonyl (C=O) groups excluding carboxylic acids is 2. The van der Waals surface area contributed by atoms with Crippen molar-refractivity contribution in [2.45, 2.75) is 25.0 Å². The van der Waals surface area contributed by atoms with E-state index in [4.69, 9.17) is 15.2 Å². The monoisotopic (exact) mass is 402 g/mol. The van der Waals surface area contributed by atoms with Crippen LogP contribution in [0.2, 0.25) is 0 Å². The van der Waals surface area contributed by atoms with Gasteiger partial charge in [-0.1, -0.05) is 18.7 Å². The lowest BCUT2D eigenvalue weighted by Crippen LogP contribution is -2.36. The fourth-order valence-corrected chi connectivity index (χ4v) is 3.62. The average molecular weight is 402 g/mol. The Labute approximate surface area is 174 Å². The molecule has 4 rings (SSSR count). The minimum absolute atomic E-state index is 0.0448. The minimum Gasteiger partial charge on any atom is -0.492 e. The number of pyridine rings is 1. The van der Waals surface area contributed by atoms with Gasteiger partial charge in [-0.15, -0.1) is 0 Å². The molecule has 2 N–H and O–H groups in total. The lowest BCUT2D eigenvalue weighted by atomic mass is 9.84. The molecule has 1 aromatic carbocycles. The van der Waals surface area contributed by atoms with E-state index in [1.165, 1.54) is 0 Å². The van der Waals surface area contributed by atoms with Crippen molar-refractivity contribution >= 4 is 11.7 Å². The van der Waals surface area contributed by atoms with Crippen molar-refractivity contribution < 1.29 is 19.1 Å². The summed E-state index contributed by atoms with van der Waals surface area (Å²) in [6.07, 6.45) is 6.88. The molecule has 6 nitrogen and oxygen atoms in total. The zero-order valence-electron chi connectivity index (χ0n) is 16.6. The number of rotatable bonds is 5. The molecule has 0 saturated heterocycles. The van der Waals surface area contributed by atoms with Crippen LogP contribution in [0.1, 0.15) is 40.9 Å². The van der Waals surface area contributed by atoms with Gasteiger partial charge in [0.25, 0.3) is 0 Å². The van der Waals surface area contributed by atoms with E-state index >= 15 is 0 Å². The normalized spacial score (nSPS) is 21.8. The van der Waals surface area contributed by atoms with E-state index in [1.807, 2.05) is 37.3 Å². The minimum atomic E-state index is -0.896. The van der Waals surface area contributed by atoms with Gasteiger partial charge in [-0.2, -0.15) is 0 Å². The second-order valence-corrected chi connectivity index (χ2v) is 7.45. The van der Waals surface area contributed by atoms with Gasteiger partial charge in [0.1, 0.15) is 17.5 Å². The summed E-state index contributed by atoms with van der Waals surface area (Å²) in [5, 5.41) is 0. The van der Waals surface area contributed by atoms with Crippen molar-refractivity contribution in [1.82, 2.24) is 4.98 Å². The summed E-state index contributed by atoms with van der Waals surface area (Å²) in [4.78, 5) is 27.7. The Morgan fingerprint density at radius 1 is 1.20 bits per heavy atom. The number of ether oxygens (including phenoxy) is 2. The number of carbonyl (C=O) groups is 2. The number of hydrogen-bond acceptors (Lipinski definition) is 5. The second kappa shape index (κ2) is 7.72. The zero-order valence-corrected chi connectivity index (χ0v) is 16.6. The maximum Gasteiger partial charge on any atom is 0.248 e. The summed E-state index contributed by atoms with van der Waals surface area (Å²) >= 11 is 0. The van der Waals surface area contributed by atoms with Crippen LogP contribution in [0.3, 0.4) is 0 Å². The fraction of sp³-hybridized carbons (Fsp3) is 0.208.